The molecule has 0 unspecified atom stereocenters. The fourth-order valence-electron chi connectivity index (χ4n) is 2.03. The zero-order chi connectivity index (χ0) is 12.6. The Labute approximate surface area is 102 Å². The minimum atomic E-state index is -4.52. The maximum absolute atomic E-state index is 12.7. The van der Waals surface area contributed by atoms with Crippen LogP contribution in [0.15, 0.2) is 12.1 Å². The van der Waals surface area contributed by atoms with Gasteiger partial charge in [0.15, 0.2) is 5.78 Å². The van der Waals surface area contributed by atoms with E-state index in [4.69, 9.17) is 11.6 Å². The van der Waals surface area contributed by atoms with E-state index in [9.17, 15) is 18.0 Å². The molecule has 92 valence electrons. The van der Waals surface area contributed by atoms with Crippen LogP contribution in [0.2, 0.25) is 5.02 Å². The summed E-state index contributed by atoms with van der Waals surface area (Å²) in [5.74, 6) is -0.223. The third kappa shape index (κ3) is 2.46. The highest BCUT2D eigenvalue weighted by molar-refractivity contribution is 6.31. The van der Waals surface area contributed by atoms with E-state index in [-0.39, 0.29) is 16.4 Å². The minimum Gasteiger partial charge on any atom is -0.294 e. The van der Waals surface area contributed by atoms with Crippen LogP contribution in [0, 0.1) is 0 Å². The fourth-order valence-corrected chi connectivity index (χ4v) is 2.33. The second kappa shape index (κ2) is 4.33. The molecule has 0 amide bonds. The smallest absolute Gasteiger partial charge is 0.294 e. The molecule has 1 aromatic carbocycles. The largest absolute Gasteiger partial charge is 0.417 e. The van der Waals surface area contributed by atoms with E-state index in [0.717, 1.165) is 12.5 Å². The molecule has 0 saturated carbocycles. The van der Waals surface area contributed by atoms with Crippen LogP contribution in [0.3, 0.4) is 0 Å². The average Bonchev–Trinajstić information content (AvgIpc) is 2.38. The number of carbonyl (C=O) groups excluding carboxylic acids is 1. The highest BCUT2D eigenvalue weighted by Gasteiger charge is 2.34. The highest BCUT2D eigenvalue weighted by Crippen LogP contribution is 2.37. The molecule has 0 heterocycles. The normalized spacial score (nSPS) is 16.6. The molecular weight excluding hydrogens is 253 g/mol. The topological polar surface area (TPSA) is 17.1 Å². The van der Waals surface area contributed by atoms with Gasteiger partial charge in [-0.3, -0.25) is 4.79 Å². The third-order valence-electron chi connectivity index (χ3n) is 2.90. The number of fused-ring (bicyclic) bond motifs is 1. The van der Waals surface area contributed by atoms with Crippen LogP contribution in [0.5, 0.6) is 0 Å². The van der Waals surface area contributed by atoms with Crippen molar-refractivity contribution in [3.05, 3.63) is 33.8 Å². The second-order valence-electron chi connectivity index (χ2n) is 4.12. The maximum Gasteiger partial charge on any atom is 0.417 e. The Balaban J connectivity index is 2.57. The Morgan fingerprint density at radius 3 is 2.41 bits per heavy atom. The lowest BCUT2D eigenvalue weighted by Gasteiger charge is -2.13. The van der Waals surface area contributed by atoms with E-state index in [2.05, 4.69) is 0 Å². The number of halogens is 4. The lowest BCUT2D eigenvalue weighted by atomic mass is 9.99. The van der Waals surface area contributed by atoms with Gasteiger partial charge in [0.1, 0.15) is 0 Å². The maximum atomic E-state index is 12.7. The summed E-state index contributed by atoms with van der Waals surface area (Å²) in [6, 6.07) is 2.17. The number of carbonyl (C=O) groups is 1. The molecule has 0 radical (unpaired) electrons. The Bertz CT molecular complexity index is 466. The summed E-state index contributed by atoms with van der Waals surface area (Å²) in [6.07, 6.45) is -2.07. The number of alkyl halides is 3. The van der Waals surface area contributed by atoms with E-state index in [1.54, 1.807) is 0 Å². The van der Waals surface area contributed by atoms with Gasteiger partial charge in [-0.15, -0.1) is 0 Å². The van der Waals surface area contributed by atoms with Crippen LogP contribution >= 0.6 is 11.6 Å². The summed E-state index contributed by atoms with van der Waals surface area (Å²) in [7, 11) is 0. The van der Waals surface area contributed by atoms with Gasteiger partial charge in [0.05, 0.1) is 10.6 Å². The predicted octanol–water partition coefficient (Wildman–Crippen LogP) is 4.27. The van der Waals surface area contributed by atoms with Crippen LogP contribution in [0.1, 0.15) is 40.7 Å². The lowest BCUT2D eigenvalue weighted by Crippen LogP contribution is -2.10. The molecule has 1 aromatic rings. The Morgan fingerprint density at radius 2 is 1.76 bits per heavy atom. The van der Waals surface area contributed by atoms with Crippen LogP contribution in [0.25, 0.3) is 0 Å². The standard InChI is InChI=1S/C12H10ClF3O/c13-10-5-7-3-1-2-4-11(17)8(7)6-9(10)12(14,15)16/h5-6H,1-4H2. The molecule has 0 fully saturated rings. The van der Waals surface area contributed by atoms with Gasteiger partial charge in [0.25, 0.3) is 0 Å². The average molecular weight is 263 g/mol. The summed E-state index contributed by atoms with van der Waals surface area (Å²) >= 11 is 5.62. The van der Waals surface area contributed by atoms with Crippen molar-refractivity contribution in [2.24, 2.45) is 0 Å². The first-order chi connectivity index (χ1) is 7.89. The van der Waals surface area contributed by atoms with Crippen molar-refractivity contribution >= 4 is 17.4 Å². The van der Waals surface area contributed by atoms with E-state index in [1.165, 1.54) is 6.07 Å². The molecule has 2 rings (SSSR count). The van der Waals surface area contributed by atoms with Crippen molar-refractivity contribution in [1.29, 1.82) is 0 Å². The van der Waals surface area contributed by atoms with Gasteiger partial charge >= 0.3 is 6.18 Å². The first-order valence-corrected chi connectivity index (χ1v) is 5.70. The summed E-state index contributed by atoms with van der Waals surface area (Å²) in [6.45, 7) is 0. The second-order valence-corrected chi connectivity index (χ2v) is 4.52. The third-order valence-corrected chi connectivity index (χ3v) is 3.21. The molecule has 1 aliphatic carbocycles. The number of ketones is 1. The minimum absolute atomic E-state index is 0.180. The molecule has 17 heavy (non-hydrogen) atoms. The number of benzene rings is 1. The quantitative estimate of drug-likeness (QED) is 0.638. The van der Waals surface area contributed by atoms with Gasteiger partial charge in [-0.2, -0.15) is 13.2 Å². The van der Waals surface area contributed by atoms with E-state index in [0.29, 0.717) is 24.8 Å². The summed E-state index contributed by atoms with van der Waals surface area (Å²) < 4.78 is 38.0. The SMILES string of the molecule is O=C1CCCCc2cc(Cl)c(C(F)(F)F)cc21. The number of Topliss-reactive ketones (excluding diaryl/α,β-unsaturated/α-hetero) is 1. The molecule has 1 aliphatic rings. The predicted molar refractivity (Wildman–Crippen MR) is 58.3 cm³/mol. The van der Waals surface area contributed by atoms with Crippen molar-refractivity contribution < 1.29 is 18.0 Å². The van der Waals surface area contributed by atoms with Gasteiger partial charge in [-0.25, -0.2) is 0 Å². The monoisotopic (exact) mass is 262 g/mol. The molecular formula is C12H10ClF3O. The van der Waals surface area contributed by atoms with Gasteiger partial charge in [-0.05, 0) is 37.0 Å². The number of hydrogen-bond donors (Lipinski definition) is 0. The van der Waals surface area contributed by atoms with Gasteiger partial charge in [0, 0.05) is 12.0 Å². The van der Waals surface area contributed by atoms with Gasteiger partial charge in [0.2, 0.25) is 0 Å². The first kappa shape index (κ1) is 12.4. The lowest BCUT2D eigenvalue weighted by molar-refractivity contribution is -0.137. The van der Waals surface area contributed by atoms with Crippen LogP contribution in [0.4, 0.5) is 13.2 Å². The molecule has 1 nitrogen and oxygen atoms in total. The zero-order valence-electron chi connectivity index (χ0n) is 8.90. The van der Waals surface area contributed by atoms with Crippen molar-refractivity contribution in [2.45, 2.75) is 31.9 Å². The van der Waals surface area contributed by atoms with Crippen molar-refractivity contribution in [1.82, 2.24) is 0 Å². The van der Waals surface area contributed by atoms with E-state index >= 15 is 0 Å². The van der Waals surface area contributed by atoms with Crippen molar-refractivity contribution in [2.75, 3.05) is 0 Å². The molecule has 0 saturated heterocycles. The molecule has 5 heteroatoms. The Hall–Kier alpha value is -1.03. The fraction of sp³-hybridized carbons (Fsp3) is 0.417. The Kier molecular flexibility index (Phi) is 3.17. The number of aryl methyl sites for hydroxylation is 1. The number of rotatable bonds is 0. The summed E-state index contributed by atoms with van der Waals surface area (Å²) in [5, 5.41) is -0.328. The molecule has 0 bridgehead atoms. The molecule has 0 N–H and O–H groups in total. The van der Waals surface area contributed by atoms with Crippen molar-refractivity contribution in [3.8, 4) is 0 Å². The summed E-state index contributed by atoms with van der Waals surface area (Å²) in [4.78, 5) is 11.7. The Morgan fingerprint density at radius 1 is 1.12 bits per heavy atom. The molecule has 0 aliphatic heterocycles. The van der Waals surface area contributed by atoms with Crippen LogP contribution in [-0.2, 0) is 12.6 Å². The van der Waals surface area contributed by atoms with Crippen LogP contribution < -0.4 is 0 Å². The van der Waals surface area contributed by atoms with Crippen LogP contribution in [-0.4, -0.2) is 5.78 Å². The van der Waals surface area contributed by atoms with E-state index < -0.39 is 11.7 Å². The number of hydrogen-bond acceptors (Lipinski definition) is 1. The van der Waals surface area contributed by atoms with Gasteiger partial charge < -0.3 is 0 Å². The molecule has 0 atom stereocenters. The first-order valence-electron chi connectivity index (χ1n) is 5.32. The highest BCUT2D eigenvalue weighted by atomic mass is 35.5. The summed E-state index contributed by atoms with van der Waals surface area (Å²) in [5.41, 5.74) is -0.113. The zero-order valence-corrected chi connectivity index (χ0v) is 9.66. The van der Waals surface area contributed by atoms with Gasteiger partial charge in [-0.1, -0.05) is 11.6 Å². The molecule has 0 aromatic heterocycles. The van der Waals surface area contributed by atoms with Crippen molar-refractivity contribution in [3.63, 3.8) is 0 Å². The van der Waals surface area contributed by atoms with E-state index in [1.807, 2.05) is 0 Å². The molecule has 0 spiro atoms.